The molecule has 0 radical (unpaired) electrons. The second kappa shape index (κ2) is 11.2. The van der Waals surface area contributed by atoms with Crippen molar-refractivity contribution in [3.8, 4) is 11.3 Å². The number of aryl methyl sites for hydroxylation is 1. The van der Waals surface area contributed by atoms with Gasteiger partial charge in [-0.15, -0.1) is 8.58 Å². The van der Waals surface area contributed by atoms with Gasteiger partial charge < -0.3 is 9.30 Å². The standard InChI is InChI=1S/C21H32BrN2OP/c1-5-7-17(14-19(6-2)26-13-12-25-4)21-23-20(15-24(21)3)16-8-10-18(22)11-9-16/h8-11,15,17,19,26H,5-7,12-14H2,1-4H3. The van der Waals surface area contributed by atoms with Crippen LogP contribution in [-0.4, -0.2) is 35.1 Å². The number of aromatic nitrogens is 2. The molecule has 1 aromatic carbocycles. The van der Waals surface area contributed by atoms with E-state index in [2.05, 4.69) is 71.9 Å². The maximum absolute atomic E-state index is 5.24. The highest BCUT2D eigenvalue weighted by molar-refractivity contribution is 9.10. The first-order valence-electron chi connectivity index (χ1n) is 9.60. The van der Waals surface area contributed by atoms with E-state index in [1.807, 2.05) is 0 Å². The zero-order valence-corrected chi connectivity index (χ0v) is 19.1. The number of methoxy groups -OCH3 is 1. The molecule has 1 aromatic heterocycles. The van der Waals surface area contributed by atoms with Crippen molar-refractivity contribution < 1.29 is 4.74 Å². The number of hydrogen-bond donors (Lipinski definition) is 0. The SMILES string of the molecule is CCCC(CC(CC)PCCOC)c1nc(-c2ccc(Br)cc2)cn1C. The zero-order valence-electron chi connectivity index (χ0n) is 16.5. The van der Waals surface area contributed by atoms with Gasteiger partial charge in [-0.1, -0.05) is 48.3 Å². The van der Waals surface area contributed by atoms with Crippen molar-refractivity contribution in [2.75, 3.05) is 19.9 Å². The van der Waals surface area contributed by atoms with E-state index in [9.17, 15) is 0 Å². The first kappa shape index (κ1) is 21.6. The lowest BCUT2D eigenvalue weighted by Gasteiger charge is -2.22. The second-order valence-corrected chi connectivity index (χ2v) is 9.52. The quantitative estimate of drug-likeness (QED) is 0.307. The van der Waals surface area contributed by atoms with E-state index in [0.29, 0.717) is 5.92 Å². The molecule has 1 heterocycles. The average molecular weight is 439 g/mol. The number of rotatable bonds is 11. The van der Waals surface area contributed by atoms with Gasteiger partial charge in [-0.3, -0.25) is 0 Å². The summed E-state index contributed by atoms with van der Waals surface area (Å²) >= 11 is 3.51. The predicted octanol–water partition coefficient (Wildman–Crippen LogP) is 6.23. The van der Waals surface area contributed by atoms with Crippen molar-refractivity contribution >= 4 is 24.5 Å². The van der Waals surface area contributed by atoms with Gasteiger partial charge in [0, 0.05) is 42.9 Å². The Kier molecular flexibility index (Phi) is 9.31. The van der Waals surface area contributed by atoms with Gasteiger partial charge in [0.25, 0.3) is 0 Å². The van der Waals surface area contributed by atoms with Crippen molar-refractivity contribution in [2.45, 2.75) is 51.1 Å². The van der Waals surface area contributed by atoms with Crippen LogP contribution in [0.4, 0.5) is 0 Å². The molecule has 3 atom stereocenters. The highest BCUT2D eigenvalue weighted by Gasteiger charge is 2.21. The molecule has 0 amide bonds. The summed E-state index contributed by atoms with van der Waals surface area (Å²) in [5, 5.41) is 0. The van der Waals surface area contributed by atoms with Crippen LogP contribution in [0, 0.1) is 0 Å². The summed E-state index contributed by atoms with van der Waals surface area (Å²) in [4.78, 5) is 5.04. The smallest absolute Gasteiger partial charge is 0.112 e. The lowest BCUT2D eigenvalue weighted by molar-refractivity contribution is 0.218. The molecule has 0 saturated carbocycles. The summed E-state index contributed by atoms with van der Waals surface area (Å²) in [6, 6.07) is 8.42. The van der Waals surface area contributed by atoms with Crippen molar-refractivity contribution in [3.05, 3.63) is 40.8 Å². The minimum absolute atomic E-state index is 0.536. The first-order chi connectivity index (χ1) is 12.6. The predicted molar refractivity (Wildman–Crippen MR) is 118 cm³/mol. The van der Waals surface area contributed by atoms with Crippen molar-refractivity contribution in [2.24, 2.45) is 7.05 Å². The molecule has 0 fully saturated rings. The second-order valence-electron chi connectivity index (χ2n) is 6.88. The molecule has 26 heavy (non-hydrogen) atoms. The maximum Gasteiger partial charge on any atom is 0.112 e. The number of halogens is 1. The number of benzene rings is 1. The van der Waals surface area contributed by atoms with Crippen LogP contribution < -0.4 is 0 Å². The third kappa shape index (κ3) is 6.18. The van der Waals surface area contributed by atoms with Gasteiger partial charge in [0.2, 0.25) is 0 Å². The summed E-state index contributed by atoms with van der Waals surface area (Å²) in [6.07, 6.45) is 8.23. The van der Waals surface area contributed by atoms with E-state index in [1.54, 1.807) is 7.11 Å². The molecule has 0 bridgehead atoms. The van der Waals surface area contributed by atoms with Gasteiger partial charge in [-0.25, -0.2) is 4.98 Å². The van der Waals surface area contributed by atoms with E-state index in [0.717, 1.165) is 31.0 Å². The van der Waals surface area contributed by atoms with E-state index in [4.69, 9.17) is 9.72 Å². The van der Waals surface area contributed by atoms with Crippen LogP contribution in [0.2, 0.25) is 0 Å². The molecule has 0 aliphatic heterocycles. The lowest BCUT2D eigenvalue weighted by Crippen LogP contribution is -2.13. The maximum atomic E-state index is 5.24. The number of imidazole rings is 1. The molecule has 0 aliphatic carbocycles. The van der Waals surface area contributed by atoms with Crippen molar-refractivity contribution in [1.82, 2.24) is 9.55 Å². The third-order valence-corrected chi connectivity index (χ3v) is 7.10. The van der Waals surface area contributed by atoms with Gasteiger partial charge in [-0.2, -0.15) is 0 Å². The lowest BCUT2D eigenvalue weighted by atomic mass is 9.96. The van der Waals surface area contributed by atoms with Gasteiger partial charge in [0.15, 0.2) is 0 Å². The molecule has 0 aliphatic rings. The van der Waals surface area contributed by atoms with E-state index >= 15 is 0 Å². The normalized spacial score (nSPS) is 14.2. The highest BCUT2D eigenvalue weighted by Crippen LogP contribution is 2.35. The van der Waals surface area contributed by atoms with Crippen LogP contribution in [0.5, 0.6) is 0 Å². The van der Waals surface area contributed by atoms with Crippen LogP contribution in [-0.2, 0) is 11.8 Å². The minimum atomic E-state index is 0.536. The number of hydrogen-bond acceptors (Lipinski definition) is 2. The van der Waals surface area contributed by atoms with Gasteiger partial charge in [0.1, 0.15) is 5.82 Å². The van der Waals surface area contributed by atoms with Crippen LogP contribution in [0.1, 0.15) is 51.3 Å². The Bertz CT molecular complexity index is 657. The summed E-state index contributed by atoms with van der Waals surface area (Å²) in [6.45, 7) is 5.47. The molecule has 0 spiro atoms. The monoisotopic (exact) mass is 438 g/mol. The Hall–Kier alpha value is -0.700. The molecule has 2 aromatic rings. The Balaban J connectivity index is 2.16. The molecule has 3 unspecified atom stereocenters. The van der Waals surface area contributed by atoms with Crippen LogP contribution >= 0.6 is 24.5 Å². The molecule has 0 saturated heterocycles. The molecular weight excluding hydrogens is 407 g/mol. The molecule has 0 N–H and O–H groups in total. The number of ether oxygens (including phenoxy) is 1. The molecule has 5 heteroatoms. The minimum Gasteiger partial charge on any atom is -0.384 e. The van der Waals surface area contributed by atoms with E-state index in [1.165, 1.54) is 43.2 Å². The fourth-order valence-electron chi connectivity index (χ4n) is 3.42. The molecule has 144 valence electrons. The largest absolute Gasteiger partial charge is 0.384 e. The third-order valence-electron chi connectivity index (χ3n) is 4.86. The Morgan fingerprint density at radius 1 is 1.23 bits per heavy atom. The van der Waals surface area contributed by atoms with Gasteiger partial charge >= 0.3 is 0 Å². The summed E-state index contributed by atoms with van der Waals surface area (Å²) in [5.74, 6) is 1.77. The fraction of sp³-hybridized carbons (Fsp3) is 0.571. The van der Waals surface area contributed by atoms with Gasteiger partial charge in [-0.05, 0) is 43.2 Å². The molecular formula is C21H32BrN2OP. The van der Waals surface area contributed by atoms with Crippen molar-refractivity contribution in [1.29, 1.82) is 0 Å². The Morgan fingerprint density at radius 2 is 1.96 bits per heavy atom. The van der Waals surface area contributed by atoms with Gasteiger partial charge in [0.05, 0.1) is 5.69 Å². The van der Waals surface area contributed by atoms with Crippen LogP contribution in [0.3, 0.4) is 0 Å². The first-order valence-corrected chi connectivity index (χ1v) is 11.7. The highest BCUT2D eigenvalue weighted by atomic mass is 79.9. The average Bonchev–Trinajstić information content (AvgIpc) is 3.02. The van der Waals surface area contributed by atoms with Crippen LogP contribution in [0.25, 0.3) is 11.3 Å². The van der Waals surface area contributed by atoms with E-state index < -0.39 is 0 Å². The molecule has 3 nitrogen and oxygen atoms in total. The molecule has 2 rings (SSSR count). The summed E-state index contributed by atoms with van der Waals surface area (Å²) in [5.41, 5.74) is 3.03. The number of nitrogens with zero attached hydrogens (tertiary/aromatic N) is 2. The fourth-order valence-corrected chi connectivity index (χ4v) is 5.16. The topological polar surface area (TPSA) is 27.1 Å². The van der Waals surface area contributed by atoms with Crippen molar-refractivity contribution in [3.63, 3.8) is 0 Å². The summed E-state index contributed by atoms with van der Waals surface area (Å²) < 4.78 is 8.58. The summed E-state index contributed by atoms with van der Waals surface area (Å²) in [7, 11) is 4.91. The Morgan fingerprint density at radius 3 is 2.58 bits per heavy atom. The zero-order chi connectivity index (χ0) is 18.9. The van der Waals surface area contributed by atoms with E-state index in [-0.39, 0.29) is 0 Å². The Labute approximate surface area is 168 Å². The van der Waals surface area contributed by atoms with Crippen LogP contribution in [0.15, 0.2) is 34.9 Å².